The number of ether oxygens (including phenoxy) is 1. The molecule has 2 atom stereocenters. The highest BCUT2D eigenvalue weighted by Crippen LogP contribution is 2.40. The van der Waals surface area contributed by atoms with Crippen molar-refractivity contribution in [3.05, 3.63) is 54.2 Å². The van der Waals surface area contributed by atoms with E-state index in [1.807, 2.05) is 42.6 Å². The van der Waals surface area contributed by atoms with Crippen molar-refractivity contribution >= 4 is 55.6 Å². The summed E-state index contributed by atoms with van der Waals surface area (Å²) in [6.07, 6.45) is 6.00. The lowest BCUT2D eigenvalue weighted by molar-refractivity contribution is 0.0206. The first kappa shape index (κ1) is 31.5. The Morgan fingerprint density at radius 3 is 2.55 bits per heavy atom. The molecule has 3 aliphatic heterocycles. The Labute approximate surface area is 277 Å². The number of nitrogens with one attached hydrogen (secondary N) is 3. The summed E-state index contributed by atoms with van der Waals surface area (Å²) in [4.78, 5) is 20.4. The number of nitrogens with zero attached hydrogens (tertiary/aromatic N) is 6. The van der Waals surface area contributed by atoms with Gasteiger partial charge in [-0.2, -0.15) is 9.97 Å². The molecule has 13 heteroatoms. The minimum atomic E-state index is -3.42. The molecule has 0 amide bonds. The maximum absolute atomic E-state index is 12.6. The Balaban J connectivity index is 1.09. The third-order valence-corrected chi connectivity index (χ3v) is 11.2. The Morgan fingerprint density at radius 2 is 1.79 bits per heavy atom. The van der Waals surface area contributed by atoms with Crippen molar-refractivity contribution in [2.75, 3.05) is 73.0 Å². The predicted molar refractivity (Wildman–Crippen MR) is 189 cm³/mol. The molecule has 2 aromatic carbocycles. The van der Waals surface area contributed by atoms with Crippen molar-refractivity contribution in [1.82, 2.24) is 24.8 Å². The van der Waals surface area contributed by atoms with Crippen LogP contribution in [0.2, 0.25) is 0 Å². The molecule has 0 unspecified atom stereocenters. The number of aromatic amines is 1. The number of methoxy groups -OCH3 is 1. The second-order valence-electron chi connectivity index (χ2n) is 13.2. The van der Waals surface area contributed by atoms with E-state index < -0.39 is 10.0 Å². The van der Waals surface area contributed by atoms with Crippen LogP contribution in [0.1, 0.15) is 32.3 Å². The summed E-state index contributed by atoms with van der Waals surface area (Å²) in [7, 11) is 0.526. The van der Waals surface area contributed by atoms with Crippen molar-refractivity contribution in [2.24, 2.45) is 0 Å². The number of anilines is 6. The predicted octanol–water partition coefficient (Wildman–Crippen LogP) is 4.77. The van der Waals surface area contributed by atoms with E-state index in [1.54, 1.807) is 7.11 Å². The van der Waals surface area contributed by atoms with Crippen molar-refractivity contribution in [2.45, 2.75) is 51.2 Å². The van der Waals surface area contributed by atoms with E-state index in [4.69, 9.17) is 14.7 Å². The number of H-pyrrole nitrogens is 1. The molecule has 5 heterocycles. The summed E-state index contributed by atoms with van der Waals surface area (Å²) < 4.78 is 32.5. The van der Waals surface area contributed by atoms with Crippen LogP contribution in [-0.2, 0) is 16.4 Å². The summed E-state index contributed by atoms with van der Waals surface area (Å²) >= 11 is 0. The van der Waals surface area contributed by atoms with E-state index in [0.717, 1.165) is 67.1 Å². The molecule has 7 rings (SSSR count). The topological polar surface area (TPSA) is 122 Å². The number of likely N-dealkylation sites (N-methyl/N-ethyl adjacent to an activating group) is 1. The first-order valence-electron chi connectivity index (χ1n) is 16.5. The summed E-state index contributed by atoms with van der Waals surface area (Å²) in [6, 6.07) is 15.6. The van der Waals surface area contributed by atoms with Crippen LogP contribution >= 0.6 is 0 Å². The first-order chi connectivity index (χ1) is 22.6. The summed E-state index contributed by atoms with van der Waals surface area (Å²) in [5.74, 6) is 1.78. The zero-order chi connectivity index (χ0) is 32.9. The fourth-order valence-electron chi connectivity index (χ4n) is 7.49. The molecule has 2 aromatic heterocycles. The van der Waals surface area contributed by atoms with Crippen LogP contribution in [0.3, 0.4) is 0 Å². The van der Waals surface area contributed by atoms with Crippen LogP contribution in [-0.4, -0.2) is 104 Å². The zero-order valence-electron chi connectivity index (χ0n) is 27.8. The molecule has 12 nitrogen and oxygen atoms in total. The maximum atomic E-state index is 12.6. The fourth-order valence-corrected chi connectivity index (χ4v) is 8.46. The molecular formula is C34H45N9O3S. The van der Waals surface area contributed by atoms with Crippen molar-refractivity contribution < 1.29 is 13.2 Å². The normalized spacial score (nSPS) is 21.3. The van der Waals surface area contributed by atoms with Gasteiger partial charge in [-0.05, 0) is 70.0 Å². The fraction of sp³-hybridized carbons (Fsp3) is 0.471. The average molecular weight is 660 g/mol. The van der Waals surface area contributed by atoms with E-state index in [1.165, 1.54) is 10.6 Å². The number of piperidine rings is 1. The second-order valence-corrected chi connectivity index (χ2v) is 15.1. The molecule has 0 spiro atoms. The number of piperazine rings is 1. The molecule has 0 bridgehead atoms. The van der Waals surface area contributed by atoms with E-state index in [-0.39, 0.29) is 0 Å². The molecule has 2 fully saturated rings. The van der Waals surface area contributed by atoms with Gasteiger partial charge in [0.1, 0.15) is 17.2 Å². The molecule has 0 radical (unpaired) electrons. The highest BCUT2D eigenvalue weighted by atomic mass is 32.2. The van der Waals surface area contributed by atoms with Crippen LogP contribution in [0.5, 0.6) is 5.75 Å². The average Bonchev–Trinajstić information content (AvgIpc) is 3.71. The molecule has 250 valence electrons. The Bertz CT molecular complexity index is 1870. The molecule has 2 saturated heterocycles. The minimum Gasteiger partial charge on any atom is -0.495 e. The van der Waals surface area contributed by atoms with Crippen LogP contribution in [0.25, 0.3) is 11.0 Å². The third kappa shape index (κ3) is 6.19. The number of hydrogen-bond donors (Lipinski definition) is 3. The van der Waals surface area contributed by atoms with Crippen LogP contribution in [0.4, 0.5) is 34.5 Å². The largest absolute Gasteiger partial charge is 0.495 e. The zero-order valence-corrected chi connectivity index (χ0v) is 28.6. The molecule has 0 aliphatic carbocycles. The van der Waals surface area contributed by atoms with E-state index in [2.05, 4.69) is 57.3 Å². The molecule has 3 N–H and O–H groups in total. The minimum absolute atomic E-state index is 0.404. The molecule has 3 aliphatic rings. The number of para-hydroxylation sites is 1. The Hall–Kier alpha value is -4.07. The Kier molecular flexibility index (Phi) is 8.39. The highest BCUT2D eigenvalue weighted by molar-refractivity contribution is 7.92. The number of benzene rings is 2. The monoisotopic (exact) mass is 659 g/mol. The lowest BCUT2D eigenvalue weighted by Crippen LogP contribution is -2.59. The lowest BCUT2D eigenvalue weighted by Gasteiger charge is -2.48. The van der Waals surface area contributed by atoms with Gasteiger partial charge in [0.15, 0.2) is 0 Å². The van der Waals surface area contributed by atoms with Gasteiger partial charge in [0.2, 0.25) is 16.0 Å². The van der Waals surface area contributed by atoms with Gasteiger partial charge in [0.05, 0.1) is 35.8 Å². The highest BCUT2D eigenvalue weighted by Gasteiger charge is 2.34. The Morgan fingerprint density at radius 1 is 0.979 bits per heavy atom. The van der Waals surface area contributed by atoms with Gasteiger partial charge < -0.3 is 30.2 Å². The number of rotatable bonds is 8. The second kappa shape index (κ2) is 12.5. The number of hydrogen-bond acceptors (Lipinski definition) is 10. The molecular weight excluding hydrogens is 615 g/mol. The van der Waals surface area contributed by atoms with Gasteiger partial charge in [0.25, 0.3) is 0 Å². The maximum Gasteiger partial charge on any atom is 0.232 e. The third-order valence-electron chi connectivity index (χ3n) is 10.1. The van der Waals surface area contributed by atoms with Crippen LogP contribution in [0, 0.1) is 0 Å². The van der Waals surface area contributed by atoms with Gasteiger partial charge in [-0.25, -0.2) is 8.42 Å². The van der Waals surface area contributed by atoms with E-state index >= 15 is 0 Å². The number of aromatic nitrogens is 3. The van der Waals surface area contributed by atoms with Gasteiger partial charge in [-0.1, -0.05) is 12.1 Å². The van der Waals surface area contributed by atoms with Crippen molar-refractivity contribution in [3.63, 3.8) is 0 Å². The van der Waals surface area contributed by atoms with Crippen LogP contribution in [0.15, 0.2) is 48.7 Å². The number of fused-ring (bicyclic) bond motifs is 2. The van der Waals surface area contributed by atoms with Crippen LogP contribution < -0.4 is 24.6 Å². The standard InChI is InChI=1S/C34H45N9O3S/c1-22-21-42(23(2)20-40(22)3)26-13-16-41(17-14-26)29-10-9-25(19-30(29)46-4)36-34-38-32-27(11-15-35-32)33(39-34)37-28-8-6-7-24-12-18-43(31(24)28)47(5,44)45/h6-11,15,19,22-23,26H,12-14,16-18,20-21H2,1-5H3,(H3,35,36,37,38,39)/t22-,23+/m0/s1. The van der Waals surface area contributed by atoms with Gasteiger partial charge in [-0.3, -0.25) is 9.21 Å². The summed E-state index contributed by atoms with van der Waals surface area (Å²) in [5, 5.41) is 7.58. The number of sulfonamides is 1. The SMILES string of the molecule is COc1cc(Nc2nc(Nc3cccc4c3N(S(C)(=O)=O)CC4)c3cc[nH]c3n2)ccc1N1CCC(N2C[C@H](C)N(C)C[C@H]2C)CC1. The molecule has 47 heavy (non-hydrogen) atoms. The smallest absolute Gasteiger partial charge is 0.232 e. The van der Waals surface area contributed by atoms with E-state index in [9.17, 15) is 8.42 Å². The first-order valence-corrected chi connectivity index (χ1v) is 18.3. The quantitative estimate of drug-likeness (QED) is 0.244. The molecule has 0 saturated carbocycles. The van der Waals surface area contributed by atoms with Crippen molar-refractivity contribution in [3.8, 4) is 5.75 Å². The summed E-state index contributed by atoms with van der Waals surface area (Å²) in [5.41, 5.74) is 4.90. The van der Waals surface area contributed by atoms with Crippen molar-refractivity contribution in [1.29, 1.82) is 0 Å². The van der Waals surface area contributed by atoms with Gasteiger partial charge in [-0.15, -0.1) is 0 Å². The lowest BCUT2D eigenvalue weighted by atomic mass is 9.97. The summed E-state index contributed by atoms with van der Waals surface area (Å²) in [6.45, 7) is 9.35. The van der Waals surface area contributed by atoms with Gasteiger partial charge >= 0.3 is 0 Å². The van der Waals surface area contributed by atoms with Gasteiger partial charge in [0, 0.05) is 68.8 Å². The van der Waals surface area contributed by atoms with E-state index in [0.29, 0.717) is 59.9 Å². The molecule has 4 aromatic rings.